The van der Waals surface area contributed by atoms with Gasteiger partial charge in [-0.3, -0.25) is 9.52 Å². The van der Waals surface area contributed by atoms with Gasteiger partial charge in [0.25, 0.3) is 15.9 Å². The predicted molar refractivity (Wildman–Crippen MR) is 133 cm³/mol. The zero-order valence-electron chi connectivity index (χ0n) is 17.0. The molecule has 168 valence electrons. The number of hydrogen-bond donors (Lipinski definition) is 2. The quantitative estimate of drug-likeness (QED) is 0.338. The van der Waals surface area contributed by atoms with E-state index in [9.17, 15) is 13.2 Å². The summed E-state index contributed by atoms with van der Waals surface area (Å²) >= 11 is 8.36. The molecule has 0 fully saturated rings. The van der Waals surface area contributed by atoms with E-state index in [-0.39, 0.29) is 28.2 Å². The summed E-state index contributed by atoms with van der Waals surface area (Å²) in [6.45, 7) is 2.11. The Kier molecular flexibility index (Phi) is 8.21. The minimum Gasteiger partial charge on any atom is -0.494 e. The highest BCUT2D eigenvalue weighted by atomic mass is 127. The molecule has 3 aromatic carbocycles. The van der Waals surface area contributed by atoms with E-state index < -0.39 is 10.0 Å². The first kappa shape index (κ1) is 24.1. The van der Waals surface area contributed by atoms with Gasteiger partial charge in [0.15, 0.2) is 6.61 Å². The summed E-state index contributed by atoms with van der Waals surface area (Å²) in [5.41, 5.74) is 1.03. The van der Waals surface area contributed by atoms with Gasteiger partial charge in [0.2, 0.25) is 0 Å². The van der Waals surface area contributed by atoms with Gasteiger partial charge < -0.3 is 14.8 Å². The molecule has 0 heterocycles. The molecule has 0 atom stereocenters. The van der Waals surface area contributed by atoms with Crippen LogP contribution in [0.5, 0.6) is 11.5 Å². The molecule has 32 heavy (non-hydrogen) atoms. The number of rotatable bonds is 9. The fourth-order valence-corrected chi connectivity index (χ4v) is 4.38. The molecule has 0 aliphatic heterocycles. The Balaban J connectivity index is 1.61. The van der Waals surface area contributed by atoms with Gasteiger partial charge in [-0.2, -0.15) is 0 Å². The average Bonchev–Trinajstić information content (AvgIpc) is 2.76. The smallest absolute Gasteiger partial charge is 0.262 e. The number of benzene rings is 3. The van der Waals surface area contributed by atoms with Crippen LogP contribution >= 0.6 is 34.2 Å². The highest BCUT2D eigenvalue weighted by Gasteiger charge is 2.17. The number of anilines is 2. The second-order valence-corrected chi connectivity index (χ2v) is 9.83. The fourth-order valence-electron chi connectivity index (χ4n) is 2.64. The predicted octanol–water partition coefficient (Wildman–Crippen LogP) is 5.16. The molecule has 10 heteroatoms. The van der Waals surface area contributed by atoms with E-state index in [0.717, 1.165) is 3.57 Å². The topological polar surface area (TPSA) is 93.7 Å². The third-order valence-corrected chi connectivity index (χ3v) is 6.51. The summed E-state index contributed by atoms with van der Waals surface area (Å²) < 4.78 is 39.6. The molecule has 3 aromatic rings. The summed E-state index contributed by atoms with van der Waals surface area (Å²) in [5, 5.41) is 2.78. The number of carbonyl (C=O) groups is 1. The summed E-state index contributed by atoms with van der Waals surface area (Å²) in [7, 11) is -3.86. The van der Waals surface area contributed by atoms with E-state index in [1.54, 1.807) is 36.4 Å². The molecule has 0 saturated heterocycles. The van der Waals surface area contributed by atoms with Crippen LogP contribution in [-0.2, 0) is 14.8 Å². The number of hydrogen-bond acceptors (Lipinski definition) is 5. The summed E-state index contributed by atoms with van der Waals surface area (Å²) in [6, 6.07) is 17.9. The first-order valence-corrected chi connectivity index (χ1v) is 12.4. The van der Waals surface area contributed by atoms with Crippen LogP contribution in [0.4, 0.5) is 11.4 Å². The van der Waals surface area contributed by atoms with Crippen molar-refractivity contribution in [3.05, 3.63) is 75.3 Å². The Bertz CT molecular complexity index is 1190. The van der Waals surface area contributed by atoms with E-state index in [1.807, 2.05) is 19.1 Å². The van der Waals surface area contributed by atoms with Crippen LogP contribution in [0.1, 0.15) is 6.92 Å². The van der Waals surface area contributed by atoms with Gasteiger partial charge in [-0.05, 0) is 96.2 Å². The maximum atomic E-state index is 12.7. The SMILES string of the molecule is CCOc1ccc(NS(=O)(=O)c2ccc(OCC(=O)Nc3ccc(I)cc3)c(Cl)c2)cc1. The number of amides is 1. The van der Waals surface area contributed by atoms with Gasteiger partial charge in [-0.25, -0.2) is 8.42 Å². The Labute approximate surface area is 205 Å². The first-order valence-electron chi connectivity index (χ1n) is 9.50. The number of carbonyl (C=O) groups excluding carboxylic acids is 1. The van der Waals surface area contributed by atoms with E-state index >= 15 is 0 Å². The molecule has 7 nitrogen and oxygen atoms in total. The highest BCUT2D eigenvalue weighted by Crippen LogP contribution is 2.28. The van der Waals surface area contributed by atoms with Crippen molar-refractivity contribution in [1.29, 1.82) is 0 Å². The monoisotopic (exact) mass is 586 g/mol. The van der Waals surface area contributed by atoms with Crippen LogP contribution in [-0.4, -0.2) is 27.5 Å². The minimum atomic E-state index is -3.86. The molecule has 0 aliphatic carbocycles. The number of halogens is 2. The molecule has 0 aliphatic rings. The lowest BCUT2D eigenvalue weighted by Crippen LogP contribution is -2.20. The van der Waals surface area contributed by atoms with Crippen LogP contribution in [0.2, 0.25) is 5.02 Å². The molecule has 0 saturated carbocycles. The number of nitrogens with one attached hydrogen (secondary N) is 2. The molecule has 3 rings (SSSR count). The first-order chi connectivity index (χ1) is 15.3. The summed E-state index contributed by atoms with van der Waals surface area (Å²) in [4.78, 5) is 12.0. The lowest BCUT2D eigenvalue weighted by atomic mass is 10.3. The maximum absolute atomic E-state index is 12.7. The lowest BCUT2D eigenvalue weighted by Gasteiger charge is -2.12. The second-order valence-electron chi connectivity index (χ2n) is 6.50. The molecular weight excluding hydrogens is 567 g/mol. The van der Waals surface area contributed by atoms with Gasteiger partial charge >= 0.3 is 0 Å². The van der Waals surface area contributed by atoms with Gasteiger partial charge in [-0.1, -0.05) is 11.6 Å². The third kappa shape index (κ3) is 6.75. The average molecular weight is 587 g/mol. The van der Waals surface area contributed by atoms with Gasteiger partial charge in [0, 0.05) is 14.9 Å². The Morgan fingerprint density at radius 2 is 1.62 bits per heavy atom. The molecule has 1 amide bonds. The van der Waals surface area contributed by atoms with Crippen LogP contribution in [0.3, 0.4) is 0 Å². The summed E-state index contributed by atoms with van der Waals surface area (Å²) in [6.07, 6.45) is 0. The van der Waals surface area contributed by atoms with E-state index in [4.69, 9.17) is 21.1 Å². The largest absolute Gasteiger partial charge is 0.494 e. The van der Waals surface area contributed by atoms with Crippen molar-refractivity contribution in [1.82, 2.24) is 0 Å². The number of sulfonamides is 1. The molecule has 0 unspecified atom stereocenters. The minimum absolute atomic E-state index is 0.0351. The molecule has 2 N–H and O–H groups in total. The van der Waals surface area contributed by atoms with Crippen molar-refractivity contribution in [3.63, 3.8) is 0 Å². The fraction of sp³-hybridized carbons (Fsp3) is 0.136. The number of ether oxygens (including phenoxy) is 2. The molecule has 0 radical (unpaired) electrons. The maximum Gasteiger partial charge on any atom is 0.262 e. The molecule has 0 bridgehead atoms. The third-order valence-electron chi connectivity index (χ3n) is 4.12. The zero-order chi connectivity index (χ0) is 23.1. The second kappa shape index (κ2) is 10.9. The Morgan fingerprint density at radius 1 is 0.969 bits per heavy atom. The van der Waals surface area contributed by atoms with Gasteiger partial charge in [0.05, 0.1) is 16.5 Å². The lowest BCUT2D eigenvalue weighted by molar-refractivity contribution is -0.118. The van der Waals surface area contributed by atoms with E-state index in [0.29, 0.717) is 23.7 Å². The van der Waals surface area contributed by atoms with Crippen LogP contribution in [0.25, 0.3) is 0 Å². The van der Waals surface area contributed by atoms with Crippen molar-refractivity contribution >= 4 is 61.5 Å². The Morgan fingerprint density at radius 3 is 2.25 bits per heavy atom. The van der Waals surface area contributed by atoms with E-state index in [1.165, 1.54) is 18.2 Å². The van der Waals surface area contributed by atoms with E-state index in [2.05, 4.69) is 32.6 Å². The summed E-state index contributed by atoms with van der Waals surface area (Å²) in [5.74, 6) is 0.478. The van der Waals surface area contributed by atoms with Gasteiger partial charge in [-0.15, -0.1) is 0 Å². The highest BCUT2D eigenvalue weighted by molar-refractivity contribution is 14.1. The molecule has 0 spiro atoms. The van der Waals surface area contributed by atoms with Crippen molar-refractivity contribution < 1.29 is 22.7 Å². The molecule has 0 aromatic heterocycles. The van der Waals surface area contributed by atoms with Crippen molar-refractivity contribution in [2.24, 2.45) is 0 Å². The molecular formula is C22H20ClIN2O5S. The normalized spacial score (nSPS) is 11.0. The standard InChI is InChI=1S/C22H20ClIN2O5S/c1-2-30-18-9-7-17(8-10-18)26-32(28,29)19-11-12-21(20(23)13-19)31-14-22(27)25-16-5-3-15(24)4-6-16/h3-13,26H,2,14H2,1H3,(H,25,27). The van der Waals surface area contributed by atoms with Crippen molar-refractivity contribution in [2.45, 2.75) is 11.8 Å². The van der Waals surface area contributed by atoms with Crippen molar-refractivity contribution in [3.8, 4) is 11.5 Å². The van der Waals surface area contributed by atoms with Crippen molar-refractivity contribution in [2.75, 3.05) is 23.3 Å². The van der Waals surface area contributed by atoms with Gasteiger partial charge in [0.1, 0.15) is 11.5 Å². The van der Waals surface area contributed by atoms with Crippen LogP contribution < -0.4 is 19.5 Å². The van der Waals surface area contributed by atoms with Crippen LogP contribution in [0.15, 0.2) is 71.6 Å². The Hall–Kier alpha value is -2.50. The zero-order valence-corrected chi connectivity index (χ0v) is 20.7. The van der Waals surface area contributed by atoms with Crippen LogP contribution in [0, 0.1) is 3.57 Å².